The minimum atomic E-state index is -4.12. The minimum Gasteiger partial charge on any atom is -0.358 e. The molecule has 1 N–H and O–H groups in total. The van der Waals surface area contributed by atoms with E-state index in [0.29, 0.717) is 18.5 Å². The van der Waals surface area contributed by atoms with Crippen molar-refractivity contribution in [2.45, 2.75) is 70.9 Å². The average Bonchev–Trinajstić information content (AvgIpc) is 2.59. The summed E-state index contributed by atoms with van der Waals surface area (Å²) in [7, 11) is 0. The molecule has 1 aliphatic carbocycles. The van der Waals surface area contributed by atoms with Gasteiger partial charge in [0.1, 0.15) is 0 Å². The third kappa shape index (κ3) is 4.47. The highest BCUT2D eigenvalue weighted by molar-refractivity contribution is 5.64. The van der Waals surface area contributed by atoms with Crippen LogP contribution in [-0.2, 0) is 5.41 Å². The van der Waals surface area contributed by atoms with Gasteiger partial charge in [-0.2, -0.15) is 13.2 Å². The van der Waals surface area contributed by atoms with Crippen molar-refractivity contribution in [3.63, 3.8) is 0 Å². The first-order valence-corrected chi connectivity index (χ1v) is 9.73. The Morgan fingerprint density at radius 2 is 1.68 bits per heavy atom. The summed E-state index contributed by atoms with van der Waals surface area (Å²) >= 11 is 0. The number of hydrogen-bond donors (Lipinski definition) is 1. The van der Waals surface area contributed by atoms with Crippen molar-refractivity contribution in [2.24, 2.45) is 5.92 Å². The fraction of sp³-hybridized carbons (Fsp3) is 0.545. The lowest BCUT2D eigenvalue weighted by molar-refractivity contribution is -0.182. The number of pyridine rings is 2. The number of rotatable bonds is 2. The van der Waals surface area contributed by atoms with Crippen molar-refractivity contribution >= 4 is 0 Å². The Labute approximate surface area is 163 Å². The SMILES string of the molecule is Cc1cc(=O)cc(-c2cnc(C(C)(C)C)cc2C2CCC(C(F)(F)F)CC2)[nH]1. The van der Waals surface area contributed by atoms with Gasteiger partial charge < -0.3 is 4.98 Å². The van der Waals surface area contributed by atoms with E-state index in [4.69, 9.17) is 0 Å². The zero-order chi connectivity index (χ0) is 20.7. The monoisotopic (exact) mass is 392 g/mol. The van der Waals surface area contributed by atoms with Gasteiger partial charge in [0, 0.05) is 40.7 Å². The number of H-pyrrole nitrogens is 1. The molecule has 1 saturated carbocycles. The Kier molecular flexibility index (Phi) is 5.43. The van der Waals surface area contributed by atoms with Crippen LogP contribution in [0.1, 0.15) is 69.3 Å². The number of hydrogen-bond acceptors (Lipinski definition) is 2. The molecule has 0 atom stereocenters. The molecule has 3 nitrogen and oxygen atoms in total. The predicted molar refractivity (Wildman–Crippen MR) is 104 cm³/mol. The predicted octanol–water partition coefficient (Wildman–Crippen LogP) is 5.88. The van der Waals surface area contributed by atoms with Gasteiger partial charge in [-0.05, 0) is 50.2 Å². The Morgan fingerprint density at radius 3 is 2.21 bits per heavy atom. The van der Waals surface area contributed by atoms with Crippen molar-refractivity contribution in [2.75, 3.05) is 0 Å². The number of nitrogens with zero attached hydrogens (tertiary/aromatic N) is 1. The second kappa shape index (κ2) is 7.37. The molecule has 0 spiro atoms. The number of aromatic nitrogens is 2. The standard InChI is InChI=1S/C22H27F3N2O/c1-13-9-16(28)10-19(27-13)18-12-26-20(21(2,3)4)11-17(18)14-5-7-15(8-6-14)22(23,24)25/h9-12,14-15H,5-8H2,1-4H3,(H,27,28). The van der Waals surface area contributed by atoms with Gasteiger partial charge in [0.25, 0.3) is 0 Å². The van der Waals surface area contributed by atoms with E-state index in [0.717, 1.165) is 22.5 Å². The number of aromatic amines is 1. The first kappa shape index (κ1) is 20.6. The first-order valence-electron chi connectivity index (χ1n) is 9.73. The molecule has 28 heavy (non-hydrogen) atoms. The van der Waals surface area contributed by atoms with Crippen LogP contribution in [0.3, 0.4) is 0 Å². The van der Waals surface area contributed by atoms with Crippen molar-refractivity contribution in [3.8, 4) is 11.3 Å². The third-order valence-electron chi connectivity index (χ3n) is 5.60. The lowest BCUT2D eigenvalue weighted by atomic mass is 9.76. The second-order valence-electron chi connectivity index (χ2n) is 8.91. The van der Waals surface area contributed by atoms with E-state index in [2.05, 4.69) is 30.7 Å². The molecule has 0 aromatic carbocycles. The van der Waals surface area contributed by atoms with Gasteiger partial charge in [-0.1, -0.05) is 20.8 Å². The maximum Gasteiger partial charge on any atom is 0.391 e. The molecule has 0 aliphatic heterocycles. The second-order valence-corrected chi connectivity index (χ2v) is 8.91. The molecule has 3 rings (SSSR count). The van der Waals surface area contributed by atoms with E-state index in [1.54, 1.807) is 6.20 Å². The fourth-order valence-electron chi connectivity index (χ4n) is 4.00. The summed E-state index contributed by atoms with van der Waals surface area (Å²) in [5.74, 6) is -1.18. The smallest absolute Gasteiger partial charge is 0.358 e. The normalized spacial score (nSPS) is 21.0. The van der Waals surface area contributed by atoms with Crippen LogP contribution in [0.4, 0.5) is 13.2 Å². The molecular weight excluding hydrogens is 365 g/mol. The lowest BCUT2D eigenvalue weighted by Gasteiger charge is -2.32. The Bertz CT molecular complexity index is 901. The van der Waals surface area contributed by atoms with Crippen molar-refractivity contribution in [1.82, 2.24) is 9.97 Å². The molecule has 2 aromatic rings. The molecule has 2 heterocycles. The van der Waals surface area contributed by atoms with E-state index in [9.17, 15) is 18.0 Å². The average molecular weight is 392 g/mol. The summed E-state index contributed by atoms with van der Waals surface area (Å²) in [4.78, 5) is 19.8. The maximum absolute atomic E-state index is 13.1. The summed E-state index contributed by atoms with van der Waals surface area (Å²) in [6.45, 7) is 8.01. The van der Waals surface area contributed by atoms with Crippen LogP contribution in [0.15, 0.2) is 29.2 Å². The zero-order valence-corrected chi connectivity index (χ0v) is 16.8. The van der Waals surface area contributed by atoms with Gasteiger partial charge in [0.15, 0.2) is 5.43 Å². The van der Waals surface area contributed by atoms with Crippen LogP contribution in [0, 0.1) is 12.8 Å². The van der Waals surface area contributed by atoms with Gasteiger partial charge in [-0.25, -0.2) is 0 Å². The molecule has 1 fully saturated rings. The summed E-state index contributed by atoms with van der Waals surface area (Å²) < 4.78 is 39.2. The van der Waals surface area contributed by atoms with Crippen LogP contribution in [0.25, 0.3) is 11.3 Å². The highest BCUT2D eigenvalue weighted by Crippen LogP contribution is 2.45. The number of aryl methyl sites for hydroxylation is 1. The van der Waals surface area contributed by atoms with Gasteiger partial charge >= 0.3 is 6.18 Å². The molecule has 1 aliphatic rings. The third-order valence-corrected chi connectivity index (χ3v) is 5.60. The molecular formula is C22H27F3N2O. The molecule has 152 valence electrons. The van der Waals surface area contributed by atoms with Crippen LogP contribution < -0.4 is 5.43 Å². The van der Waals surface area contributed by atoms with E-state index in [1.165, 1.54) is 12.1 Å². The Morgan fingerprint density at radius 1 is 1.04 bits per heavy atom. The number of alkyl halides is 3. The minimum absolute atomic E-state index is 0.0294. The summed E-state index contributed by atoms with van der Waals surface area (Å²) in [5.41, 5.74) is 3.85. The number of nitrogens with one attached hydrogen (secondary N) is 1. The van der Waals surface area contributed by atoms with Crippen molar-refractivity contribution in [3.05, 3.63) is 51.6 Å². The zero-order valence-electron chi connectivity index (χ0n) is 16.8. The molecule has 2 aromatic heterocycles. The van der Waals surface area contributed by atoms with Gasteiger partial charge in [-0.15, -0.1) is 0 Å². The molecule has 0 bridgehead atoms. The maximum atomic E-state index is 13.1. The van der Waals surface area contributed by atoms with Gasteiger partial charge in [0.05, 0.1) is 11.6 Å². The lowest BCUT2D eigenvalue weighted by Crippen LogP contribution is -2.27. The summed E-state index contributed by atoms with van der Waals surface area (Å²) in [6, 6.07) is 5.08. The Balaban J connectivity index is 2.03. The van der Waals surface area contributed by atoms with Crippen LogP contribution >= 0.6 is 0 Å². The van der Waals surface area contributed by atoms with Gasteiger partial charge in [0.2, 0.25) is 0 Å². The highest BCUT2D eigenvalue weighted by Gasteiger charge is 2.42. The fourth-order valence-corrected chi connectivity index (χ4v) is 4.00. The Hall–Kier alpha value is -2.11. The van der Waals surface area contributed by atoms with Gasteiger partial charge in [-0.3, -0.25) is 9.78 Å². The topological polar surface area (TPSA) is 45.8 Å². The molecule has 0 amide bonds. The van der Waals surface area contributed by atoms with E-state index >= 15 is 0 Å². The van der Waals surface area contributed by atoms with Crippen molar-refractivity contribution in [1.29, 1.82) is 0 Å². The summed E-state index contributed by atoms with van der Waals surface area (Å²) in [5, 5.41) is 0. The van der Waals surface area contributed by atoms with Crippen LogP contribution in [0.2, 0.25) is 0 Å². The van der Waals surface area contributed by atoms with Crippen LogP contribution in [-0.4, -0.2) is 16.1 Å². The van der Waals surface area contributed by atoms with E-state index < -0.39 is 12.1 Å². The molecule has 0 radical (unpaired) electrons. The molecule has 6 heteroatoms. The van der Waals surface area contributed by atoms with Crippen LogP contribution in [0.5, 0.6) is 0 Å². The number of halogens is 3. The summed E-state index contributed by atoms with van der Waals surface area (Å²) in [6.07, 6.45) is -1.10. The molecule has 0 saturated heterocycles. The van der Waals surface area contributed by atoms with E-state index in [1.807, 2.05) is 13.0 Å². The largest absolute Gasteiger partial charge is 0.391 e. The molecule has 0 unspecified atom stereocenters. The highest BCUT2D eigenvalue weighted by atomic mass is 19.4. The van der Waals surface area contributed by atoms with E-state index in [-0.39, 0.29) is 29.6 Å². The first-order chi connectivity index (χ1) is 12.9. The van der Waals surface area contributed by atoms with Crippen molar-refractivity contribution < 1.29 is 13.2 Å². The quantitative estimate of drug-likeness (QED) is 0.694.